The highest BCUT2D eigenvalue weighted by molar-refractivity contribution is 7.50. The summed E-state index contributed by atoms with van der Waals surface area (Å²) in [6.07, 6.45) is 75.7. The molecule has 0 aromatic rings. The maximum atomic E-state index is 12.7. The summed E-state index contributed by atoms with van der Waals surface area (Å²) in [6.45, 7) is 5.97. The summed E-state index contributed by atoms with van der Waals surface area (Å²) in [7, 11) is -2.27. The van der Waals surface area contributed by atoms with Gasteiger partial charge >= 0.3 is 7.75 Å². The maximum Gasteiger partial charge on any atom is 0.405 e. The zero-order chi connectivity index (χ0) is 46.4. The standard InChI is InChI=1S/C59H122NO3P/c1-4-6-8-10-12-14-16-18-20-22-24-26-28-30-32-34-36-38-40-42-44-46-48-50-52-54-56-58-60(64(61,62)63-3)59-57-55-53-51-49-47-45-43-41-39-37-35-33-31-29-27-25-23-21-19-17-15-13-11-9-7-5-2/h4-59H2,1-3H3,(H,61,62). The highest BCUT2D eigenvalue weighted by Crippen LogP contribution is 2.45. The molecule has 1 N–H and O–H groups in total. The molecule has 4 nitrogen and oxygen atoms in total. The summed E-state index contributed by atoms with van der Waals surface area (Å²) >= 11 is 0. The summed E-state index contributed by atoms with van der Waals surface area (Å²) in [5, 5.41) is 0. The van der Waals surface area contributed by atoms with Gasteiger partial charge in [-0.05, 0) is 12.8 Å². The van der Waals surface area contributed by atoms with Crippen LogP contribution in [0.25, 0.3) is 0 Å². The monoisotopic (exact) mass is 924 g/mol. The van der Waals surface area contributed by atoms with Crippen molar-refractivity contribution >= 4 is 7.75 Å². The van der Waals surface area contributed by atoms with Gasteiger partial charge in [-0.3, -0.25) is 0 Å². The third-order valence-electron chi connectivity index (χ3n) is 14.6. The van der Waals surface area contributed by atoms with E-state index >= 15 is 0 Å². The zero-order valence-corrected chi connectivity index (χ0v) is 45.7. The fraction of sp³-hybridized carbons (Fsp3) is 1.00. The molecule has 0 spiro atoms. The van der Waals surface area contributed by atoms with Crippen LogP contribution in [-0.4, -0.2) is 29.8 Å². The van der Waals surface area contributed by atoms with Crippen LogP contribution in [0.3, 0.4) is 0 Å². The average Bonchev–Trinajstić information content (AvgIpc) is 3.30. The second kappa shape index (κ2) is 55.7. The van der Waals surface area contributed by atoms with E-state index in [4.69, 9.17) is 4.52 Å². The predicted octanol–water partition coefficient (Wildman–Crippen LogP) is 22.1. The minimum absolute atomic E-state index is 0.681. The molecule has 0 aliphatic heterocycles. The van der Waals surface area contributed by atoms with Crippen LogP contribution < -0.4 is 0 Å². The Morgan fingerprint density at radius 1 is 0.266 bits per heavy atom. The lowest BCUT2D eigenvalue weighted by Crippen LogP contribution is -2.23. The molecule has 0 heterocycles. The molecule has 1 unspecified atom stereocenters. The molecule has 0 aromatic carbocycles. The van der Waals surface area contributed by atoms with Gasteiger partial charge in [-0.1, -0.05) is 348 Å². The molecule has 1 atom stereocenters. The van der Waals surface area contributed by atoms with Crippen molar-refractivity contribution in [3.8, 4) is 0 Å². The van der Waals surface area contributed by atoms with E-state index in [-0.39, 0.29) is 0 Å². The summed E-state index contributed by atoms with van der Waals surface area (Å²) < 4.78 is 19.5. The molecule has 64 heavy (non-hydrogen) atoms. The molecular formula is C59H122NO3P. The zero-order valence-electron chi connectivity index (χ0n) is 44.8. The second-order valence-electron chi connectivity index (χ2n) is 21.0. The van der Waals surface area contributed by atoms with Crippen molar-refractivity contribution in [1.82, 2.24) is 4.67 Å². The van der Waals surface area contributed by atoms with Gasteiger partial charge in [-0.25, -0.2) is 9.24 Å². The van der Waals surface area contributed by atoms with E-state index in [1.165, 1.54) is 328 Å². The molecule has 0 aliphatic rings. The van der Waals surface area contributed by atoms with E-state index in [1.54, 1.807) is 4.67 Å². The van der Waals surface area contributed by atoms with Crippen molar-refractivity contribution < 1.29 is 14.0 Å². The number of hydrogen-bond donors (Lipinski definition) is 1. The van der Waals surface area contributed by atoms with Gasteiger partial charge in [0.1, 0.15) is 0 Å². The Balaban J connectivity index is 3.45. The van der Waals surface area contributed by atoms with Gasteiger partial charge in [0.15, 0.2) is 0 Å². The van der Waals surface area contributed by atoms with Crippen molar-refractivity contribution in [2.24, 2.45) is 0 Å². The summed E-state index contributed by atoms with van der Waals surface area (Å²) in [6, 6.07) is 0. The number of unbranched alkanes of at least 4 members (excludes halogenated alkanes) is 52. The van der Waals surface area contributed by atoms with Crippen molar-refractivity contribution in [3.05, 3.63) is 0 Å². The van der Waals surface area contributed by atoms with Gasteiger partial charge in [-0.2, -0.15) is 0 Å². The van der Waals surface area contributed by atoms with Gasteiger partial charge in [0.25, 0.3) is 0 Å². The number of rotatable bonds is 58. The number of hydrogen-bond acceptors (Lipinski definition) is 2. The Bertz CT molecular complexity index is 826. The first-order chi connectivity index (χ1) is 31.6. The van der Waals surface area contributed by atoms with Crippen LogP contribution in [0.5, 0.6) is 0 Å². The lowest BCUT2D eigenvalue weighted by molar-refractivity contribution is 0.230. The van der Waals surface area contributed by atoms with Gasteiger partial charge in [0.05, 0.1) is 0 Å². The van der Waals surface area contributed by atoms with Crippen molar-refractivity contribution in [2.75, 3.05) is 20.2 Å². The maximum absolute atomic E-state index is 12.7. The largest absolute Gasteiger partial charge is 0.405 e. The molecule has 0 amide bonds. The Labute approximate surface area is 405 Å². The van der Waals surface area contributed by atoms with Crippen molar-refractivity contribution in [3.63, 3.8) is 0 Å². The van der Waals surface area contributed by atoms with Crippen LogP contribution in [-0.2, 0) is 9.09 Å². The fourth-order valence-corrected chi connectivity index (χ4v) is 11.1. The van der Waals surface area contributed by atoms with E-state index < -0.39 is 7.75 Å². The van der Waals surface area contributed by atoms with Crippen molar-refractivity contribution in [2.45, 2.75) is 361 Å². The molecule has 0 aromatic heterocycles. The Hall–Kier alpha value is 0.110. The van der Waals surface area contributed by atoms with E-state index in [9.17, 15) is 9.46 Å². The van der Waals surface area contributed by atoms with Crippen molar-refractivity contribution in [1.29, 1.82) is 0 Å². The number of nitrogens with zero attached hydrogens (tertiary/aromatic N) is 1. The normalized spacial score (nSPS) is 12.8. The third kappa shape index (κ3) is 51.5. The highest BCUT2D eigenvalue weighted by atomic mass is 31.2. The van der Waals surface area contributed by atoms with Gasteiger partial charge in [-0.15, -0.1) is 0 Å². The molecule has 386 valence electrons. The van der Waals surface area contributed by atoms with E-state index in [1.807, 2.05) is 0 Å². The molecular weight excluding hydrogens is 802 g/mol. The second-order valence-corrected chi connectivity index (χ2v) is 22.9. The minimum Gasteiger partial charge on any atom is -0.312 e. The highest BCUT2D eigenvalue weighted by Gasteiger charge is 2.27. The first kappa shape index (κ1) is 64.1. The lowest BCUT2D eigenvalue weighted by Gasteiger charge is -2.25. The van der Waals surface area contributed by atoms with Gasteiger partial charge < -0.3 is 9.42 Å². The van der Waals surface area contributed by atoms with Crippen LogP contribution in [0.1, 0.15) is 361 Å². The Kier molecular flexibility index (Phi) is 55.8. The molecule has 0 fully saturated rings. The van der Waals surface area contributed by atoms with Crippen LogP contribution in [0.15, 0.2) is 0 Å². The topological polar surface area (TPSA) is 49.8 Å². The van der Waals surface area contributed by atoms with Gasteiger partial charge in [0, 0.05) is 20.2 Å². The molecule has 0 saturated carbocycles. The first-order valence-corrected chi connectivity index (χ1v) is 31.8. The fourth-order valence-electron chi connectivity index (χ4n) is 10.1. The first-order valence-electron chi connectivity index (χ1n) is 30.2. The summed E-state index contributed by atoms with van der Waals surface area (Å²) in [5.74, 6) is 0. The Morgan fingerprint density at radius 2 is 0.391 bits per heavy atom. The predicted molar refractivity (Wildman–Crippen MR) is 289 cm³/mol. The molecule has 5 heteroatoms. The summed E-state index contributed by atoms with van der Waals surface area (Å²) in [4.78, 5) is 10.4. The Morgan fingerprint density at radius 3 is 0.516 bits per heavy atom. The molecule has 0 rings (SSSR count). The summed E-state index contributed by atoms with van der Waals surface area (Å²) in [5.41, 5.74) is 0. The lowest BCUT2D eigenvalue weighted by atomic mass is 10.0. The molecule has 0 bridgehead atoms. The van der Waals surface area contributed by atoms with Crippen LogP contribution in [0.2, 0.25) is 0 Å². The third-order valence-corrected chi connectivity index (χ3v) is 16.2. The van der Waals surface area contributed by atoms with Gasteiger partial charge in [0.2, 0.25) is 0 Å². The van der Waals surface area contributed by atoms with E-state index in [0.717, 1.165) is 25.7 Å². The molecule has 0 radical (unpaired) electrons. The average molecular weight is 925 g/mol. The van der Waals surface area contributed by atoms with E-state index in [2.05, 4.69) is 13.8 Å². The SMILES string of the molecule is CCCCCCCCCCCCCCCCCCCCCCCCCCCCCN(CCCCCCCCCCCCCCCCCCCCCCCCCCCCC)P(=O)(O)OC. The smallest absolute Gasteiger partial charge is 0.312 e. The van der Waals surface area contributed by atoms with Crippen LogP contribution >= 0.6 is 7.75 Å². The van der Waals surface area contributed by atoms with Crippen LogP contribution in [0.4, 0.5) is 0 Å². The van der Waals surface area contributed by atoms with Crippen LogP contribution in [0, 0.1) is 0 Å². The molecule has 0 aliphatic carbocycles. The molecule has 0 saturated heterocycles. The van der Waals surface area contributed by atoms with E-state index in [0.29, 0.717) is 13.1 Å². The quantitative estimate of drug-likeness (QED) is 0.0488. The minimum atomic E-state index is -3.65.